The predicted molar refractivity (Wildman–Crippen MR) is 119 cm³/mol. The van der Waals surface area contributed by atoms with Gasteiger partial charge in [0.1, 0.15) is 6.04 Å². The van der Waals surface area contributed by atoms with Crippen LogP contribution in [0.4, 0.5) is 0 Å². The molecule has 0 radical (unpaired) electrons. The molecule has 0 unspecified atom stereocenters. The van der Waals surface area contributed by atoms with Crippen LogP contribution in [0.5, 0.6) is 0 Å². The largest absolute Gasteiger partial charge is 0.354 e. The molecular formula is C24H31ClN2O2. The highest BCUT2D eigenvalue weighted by molar-refractivity contribution is 6.30. The van der Waals surface area contributed by atoms with Crippen molar-refractivity contribution in [2.75, 3.05) is 6.54 Å². The lowest BCUT2D eigenvalue weighted by Crippen LogP contribution is -2.49. The first kappa shape index (κ1) is 23.0. The molecule has 1 N–H and O–H groups in total. The Labute approximate surface area is 179 Å². The van der Waals surface area contributed by atoms with E-state index in [1.165, 1.54) is 0 Å². The van der Waals surface area contributed by atoms with E-state index in [-0.39, 0.29) is 18.2 Å². The molecular weight excluding hydrogens is 384 g/mol. The Morgan fingerprint density at radius 1 is 1.07 bits per heavy atom. The van der Waals surface area contributed by atoms with Crippen LogP contribution in [0.1, 0.15) is 49.8 Å². The fourth-order valence-electron chi connectivity index (χ4n) is 3.31. The Morgan fingerprint density at radius 2 is 1.79 bits per heavy atom. The van der Waals surface area contributed by atoms with E-state index in [0.717, 1.165) is 29.5 Å². The van der Waals surface area contributed by atoms with E-state index < -0.39 is 6.04 Å². The van der Waals surface area contributed by atoms with Crippen LogP contribution in [-0.2, 0) is 22.6 Å². The van der Waals surface area contributed by atoms with Crippen LogP contribution in [0, 0.1) is 6.92 Å². The number of nitrogens with one attached hydrogen (secondary N) is 1. The van der Waals surface area contributed by atoms with Crippen molar-refractivity contribution in [2.24, 2.45) is 0 Å². The van der Waals surface area contributed by atoms with Crippen LogP contribution in [-0.4, -0.2) is 29.3 Å². The van der Waals surface area contributed by atoms with Gasteiger partial charge in [0, 0.05) is 18.1 Å². The molecule has 0 aliphatic carbocycles. The molecule has 5 heteroatoms. The summed E-state index contributed by atoms with van der Waals surface area (Å²) in [6.07, 6.45) is 2.77. The molecule has 0 saturated carbocycles. The van der Waals surface area contributed by atoms with Gasteiger partial charge in [0.05, 0.1) is 6.42 Å². The minimum absolute atomic E-state index is 0.0527. The Bertz CT molecular complexity index is 805. The average Bonchev–Trinajstić information content (AvgIpc) is 2.69. The zero-order valence-electron chi connectivity index (χ0n) is 17.6. The van der Waals surface area contributed by atoms with Crippen molar-refractivity contribution in [2.45, 2.75) is 59.0 Å². The predicted octanol–water partition coefficient (Wildman–Crippen LogP) is 4.91. The lowest BCUT2D eigenvalue weighted by Gasteiger charge is -2.31. The van der Waals surface area contributed by atoms with Gasteiger partial charge >= 0.3 is 0 Å². The summed E-state index contributed by atoms with van der Waals surface area (Å²) in [6.45, 7) is 7.05. The first-order valence-electron chi connectivity index (χ1n) is 10.3. The molecule has 0 spiro atoms. The lowest BCUT2D eigenvalue weighted by atomic mass is 10.1. The molecule has 2 rings (SSSR count). The molecule has 0 saturated heterocycles. The quantitative estimate of drug-likeness (QED) is 0.561. The minimum atomic E-state index is -0.500. The molecule has 2 aromatic carbocycles. The minimum Gasteiger partial charge on any atom is -0.354 e. The topological polar surface area (TPSA) is 49.4 Å². The molecule has 0 aromatic heterocycles. The molecule has 156 valence electrons. The molecule has 0 fully saturated rings. The van der Waals surface area contributed by atoms with Gasteiger partial charge in [-0.05, 0) is 43.0 Å². The first-order chi connectivity index (χ1) is 13.9. The number of aryl methyl sites for hydroxylation is 1. The standard InChI is InChI=1S/C24H31ClN2O2/c1-4-6-14-26-24(29)22(5-2)27(17-19-10-12-21(25)13-11-19)23(28)16-20-9-7-8-18(3)15-20/h7-13,15,22H,4-6,14,16-17H2,1-3H3,(H,26,29)/t22-/m1/s1. The molecule has 2 aromatic rings. The summed E-state index contributed by atoms with van der Waals surface area (Å²) in [5.41, 5.74) is 3.02. The summed E-state index contributed by atoms with van der Waals surface area (Å²) < 4.78 is 0. The third-order valence-electron chi connectivity index (χ3n) is 4.92. The number of unbranched alkanes of at least 4 members (excludes halogenated alkanes) is 1. The highest BCUT2D eigenvalue weighted by Crippen LogP contribution is 2.17. The lowest BCUT2D eigenvalue weighted by molar-refractivity contribution is -0.140. The van der Waals surface area contributed by atoms with Crippen molar-refractivity contribution in [1.29, 1.82) is 0 Å². The SMILES string of the molecule is CCCCNC(=O)[C@@H](CC)N(Cc1ccc(Cl)cc1)C(=O)Cc1cccc(C)c1. The Balaban J connectivity index is 2.23. The number of carbonyl (C=O) groups excluding carboxylic acids is 2. The molecule has 0 aliphatic heterocycles. The highest BCUT2D eigenvalue weighted by Gasteiger charge is 2.28. The summed E-state index contributed by atoms with van der Waals surface area (Å²) in [4.78, 5) is 27.8. The molecule has 29 heavy (non-hydrogen) atoms. The van der Waals surface area contributed by atoms with E-state index in [9.17, 15) is 9.59 Å². The number of amides is 2. The molecule has 4 nitrogen and oxygen atoms in total. The maximum atomic E-state index is 13.2. The summed E-state index contributed by atoms with van der Waals surface area (Å²) >= 11 is 6.00. The summed E-state index contributed by atoms with van der Waals surface area (Å²) in [7, 11) is 0. The maximum Gasteiger partial charge on any atom is 0.242 e. The van der Waals surface area contributed by atoms with Crippen LogP contribution in [0.2, 0.25) is 5.02 Å². The van der Waals surface area contributed by atoms with Crippen molar-refractivity contribution in [3.05, 3.63) is 70.2 Å². The summed E-state index contributed by atoms with van der Waals surface area (Å²) in [6, 6.07) is 14.8. The number of hydrogen-bond donors (Lipinski definition) is 1. The maximum absolute atomic E-state index is 13.2. The fraction of sp³-hybridized carbons (Fsp3) is 0.417. The number of rotatable bonds is 10. The van der Waals surface area contributed by atoms with Crippen LogP contribution < -0.4 is 5.32 Å². The molecule has 0 bridgehead atoms. The van der Waals surface area contributed by atoms with Gasteiger partial charge in [-0.25, -0.2) is 0 Å². The van der Waals surface area contributed by atoms with E-state index in [2.05, 4.69) is 12.2 Å². The van der Waals surface area contributed by atoms with Gasteiger partial charge in [0.2, 0.25) is 11.8 Å². The zero-order valence-corrected chi connectivity index (χ0v) is 18.3. The average molecular weight is 415 g/mol. The highest BCUT2D eigenvalue weighted by atomic mass is 35.5. The van der Waals surface area contributed by atoms with Crippen molar-refractivity contribution < 1.29 is 9.59 Å². The monoisotopic (exact) mass is 414 g/mol. The number of halogens is 1. The van der Waals surface area contributed by atoms with Crippen molar-refractivity contribution >= 4 is 23.4 Å². The second kappa shape index (κ2) is 11.6. The smallest absolute Gasteiger partial charge is 0.242 e. The van der Waals surface area contributed by atoms with Crippen molar-refractivity contribution in [3.63, 3.8) is 0 Å². The van der Waals surface area contributed by atoms with Crippen LogP contribution in [0.3, 0.4) is 0 Å². The van der Waals surface area contributed by atoms with Crippen molar-refractivity contribution in [1.82, 2.24) is 10.2 Å². The Hall–Kier alpha value is -2.33. The number of benzene rings is 2. The van der Waals surface area contributed by atoms with Crippen LogP contribution in [0.15, 0.2) is 48.5 Å². The van der Waals surface area contributed by atoms with Crippen LogP contribution >= 0.6 is 11.6 Å². The Morgan fingerprint density at radius 3 is 2.41 bits per heavy atom. The van der Waals surface area contributed by atoms with Gasteiger partial charge in [-0.3, -0.25) is 9.59 Å². The van der Waals surface area contributed by atoms with E-state index in [1.807, 2.05) is 62.4 Å². The van der Waals surface area contributed by atoms with Gasteiger partial charge < -0.3 is 10.2 Å². The van der Waals surface area contributed by atoms with Gasteiger partial charge in [-0.2, -0.15) is 0 Å². The number of carbonyl (C=O) groups is 2. The third kappa shape index (κ3) is 7.21. The van der Waals surface area contributed by atoms with Gasteiger partial charge in [-0.15, -0.1) is 0 Å². The van der Waals surface area contributed by atoms with Gasteiger partial charge in [0.25, 0.3) is 0 Å². The normalized spacial score (nSPS) is 11.7. The molecule has 1 atom stereocenters. The first-order valence-corrected chi connectivity index (χ1v) is 10.7. The molecule has 0 aliphatic rings. The number of hydrogen-bond acceptors (Lipinski definition) is 2. The van der Waals surface area contributed by atoms with E-state index in [1.54, 1.807) is 4.90 Å². The van der Waals surface area contributed by atoms with Crippen LogP contribution in [0.25, 0.3) is 0 Å². The van der Waals surface area contributed by atoms with Crippen molar-refractivity contribution in [3.8, 4) is 0 Å². The fourth-order valence-corrected chi connectivity index (χ4v) is 3.44. The second-order valence-electron chi connectivity index (χ2n) is 7.38. The van der Waals surface area contributed by atoms with Gasteiger partial charge in [0.15, 0.2) is 0 Å². The zero-order chi connectivity index (χ0) is 21.2. The summed E-state index contributed by atoms with van der Waals surface area (Å²) in [5, 5.41) is 3.63. The second-order valence-corrected chi connectivity index (χ2v) is 7.82. The summed E-state index contributed by atoms with van der Waals surface area (Å²) in [5.74, 6) is -0.143. The molecule has 0 heterocycles. The molecule has 2 amide bonds. The van der Waals surface area contributed by atoms with E-state index in [0.29, 0.717) is 24.5 Å². The Kier molecular flexibility index (Phi) is 9.20. The number of nitrogens with zero attached hydrogens (tertiary/aromatic N) is 1. The third-order valence-corrected chi connectivity index (χ3v) is 5.17. The van der Waals surface area contributed by atoms with Gasteiger partial charge in [-0.1, -0.05) is 73.8 Å². The van der Waals surface area contributed by atoms with E-state index >= 15 is 0 Å². The van der Waals surface area contributed by atoms with E-state index in [4.69, 9.17) is 11.6 Å².